The van der Waals surface area contributed by atoms with Crippen LogP contribution in [0, 0.1) is 0 Å². The summed E-state index contributed by atoms with van der Waals surface area (Å²) in [6, 6.07) is 211. The van der Waals surface area contributed by atoms with Gasteiger partial charge in [-0.1, -0.05) is 400 Å². The Balaban J connectivity index is 0.000000108. The Bertz CT molecular complexity index is 10400. The second-order valence-electron chi connectivity index (χ2n) is 39.0. The van der Waals surface area contributed by atoms with E-state index in [2.05, 4.69) is 610 Å². The molecule has 30 rings (SSSR count). The summed E-state index contributed by atoms with van der Waals surface area (Å²) >= 11 is 0. The minimum atomic E-state index is 1.15. The molecule has 6 nitrogen and oxygen atoms in total. The lowest BCUT2D eigenvalue weighted by atomic mass is 9.99. The van der Waals surface area contributed by atoms with Crippen LogP contribution in [0.5, 0.6) is 0 Å². The molecule has 0 fully saturated rings. The predicted molar refractivity (Wildman–Crippen MR) is 634 cm³/mol. The number of nitrogens with zero attached hydrogens (tertiary/aromatic N) is 6. The molecule has 0 saturated carbocycles. The van der Waals surface area contributed by atoms with E-state index in [9.17, 15) is 0 Å². The van der Waals surface area contributed by atoms with E-state index in [4.69, 9.17) is 0 Å². The van der Waals surface area contributed by atoms with Crippen LogP contribution >= 0.6 is 0 Å². The van der Waals surface area contributed by atoms with Gasteiger partial charge >= 0.3 is 0 Å². The topological polar surface area (TPSA) is 29.6 Å². The van der Waals surface area contributed by atoms with Crippen molar-refractivity contribution in [3.05, 3.63) is 582 Å². The standard InChI is InChI=1S/3C48H32N2/c1-3-13-33(14-4-1)34-23-25-35(26-24-34)39-17-7-10-20-44(39)50-46-22-12-9-19-41(46)43-32-37(28-30-48(43)50)36-27-29-47-42(31-36)40-18-8-11-21-45(40)49(47)38-15-5-2-6-16-38;1-3-12-33(13-4-1)35-14-11-15-36(30-35)34-22-26-40(27-23-34)50-46-21-10-8-19-42(46)44-32-38(25-29-48(44)50)37-24-28-47-43(31-37)41-18-7-9-20-45(41)49(47)39-16-5-2-6-17-39;1-3-12-33(13-4-1)34-22-24-35(25-23-34)36-14-11-17-40(30-36)50-46-21-10-8-19-42(46)44-32-38(27-29-48(44)50)37-26-28-47-43(31-37)41-18-7-9-20-45(41)49(47)39-15-5-2-6-16-39/h3*1-32H. The third-order valence-corrected chi connectivity index (χ3v) is 30.4. The fraction of sp³-hybridized carbons (Fsp3) is 0. The maximum absolute atomic E-state index is 2.44. The van der Waals surface area contributed by atoms with Crippen molar-refractivity contribution >= 4 is 131 Å². The number of aromatic nitrogens is 6. The number of hydrogen-bond acceptors (Lipinski definition) is 0. The molecule has 150 heavy (non-hydrogen) atoms. The molecule has 0 spiro atoms. The Labute approximate surface area is 868 Å². The van der Waals surface area contributed by atoms with Crippen LogP contribution in [0.3, 0.4) is 0 Å². The third kappa shape index (κ3) is 15.5. The van der Waals surface area contributed by atoms with Crippen molar-refractivity contribution in [1.82, 2.24) is 27.4 Å². The Morgan fingerprint density at radius 3 is 0.587 bits per heavy atom. The molecule has 6 heterocycles. The minimum Gasteiger partial charge on any atom is -0.309 e. The molecule has 0 aliphatic heterocycles. The predicted octanol–water partition coefficient (Wildman–Crippen LogP) is 38.6. The van der Waals surface area contributed by atoms with E-state index >= 15 is 0 Å². The van der Waals surface area contributed by atoms with Crippen LogP contribution in [0.1, 0.15) is 0 Å². The van der Waals surface area contributed by atoms with Gasteiger partial charge < -0.3 is 27.4 Å². The largest absolute Gasteiger partial charge is 0.309 e. The molecule has 0 saturated heterocycles. The first kappa shape index (κ1) is 87.8. The molecule has 0 N–H and O–H groups in total. The molecule has 0 radical (unpaired) electrons. The van der Waals surface area contributed by atoms with Crippen LogP contribution in [0.4, 0.5) is 0 Å². The minimum absolute atomic E-state index is 1.15. The maximum Gasteiger partial charge on any atom is 0.0541 e. The highest BCUT2D eigenvalue weighted by atomic mass is 15.0. The van der Waals surface area contributed by atoms with E-state index in [1.165, 1.54) is 254 Å². The molecular weight excluding hydrogens is 1810 g/mol. The van der Waals surface area contributed by atoms with E-state index in [1.807, 2.05) is 0 Å². The first-order valence-corrected chi connectivity index (χ1v) is 51.6. The van der Waals surface area contributed by atoms with E-state index in [0.29, 0.717) is 0 Å². The molecule has 0 bridgehead atoms. The second-order valence-corrected chi connectivity index (χ2v) is 39.0. The van der Waals surface area contributed by atoms with Crippen molar-refractivity contribution in [2.45, 2.75) is 0 Å². The summed E-state index contributed by atoms with van der Waals surface area (Å²) in [5, 5.41) is 15.1. The first-order chi connectivity index (χ1) is 74.4. The number of para-hydroxylation sites is 10. The first-order valence-electron chi connectivity index (χ1n) is 51.6. The average Bonchev–Trinajstić information content (AvgIpc) is 1.58. The molecule has 702 valence electrons. The zero-order valence-corrected chi connectivity index (χ0v) is 82.1. The Morgan fingerprint density at radius 1 is 0.0867 bits per heavy atom. The molecule has 0 atom stereocenters. The molecule has 30 aromatic rings. The van der Waals surface area contributed by atoms with Crippen molar-refractivity contribution in [2.24, 2.45) is 0 Å². The number of fused-ring (bicyclic) bond motifs is 18. The van der Waals surface area contributed by atoms with Gasteiger partial charge in [-0.2, -0.15) is 0 Å². The number of benzene rings is 24. The molecule has 0 unspecified atom stereocenters. The lowest BCUT2D eigenvalue weighted by molar-refractivity contribution is 1.18. The van der Waals surface area contributed by atoms with Gasteiger partial charge in [0.25, 0.3) is 0 Å². The molecule has 0 aliphatic carbocycles. The molecule has 6 heteroatoms. The zero-order valence-electron chi connectivity index (χ0n) is 82.1. The summed E-state index contributed by atoms with van der Waals surface area (Å²) in [6.45, 7) is 0. The number of rotatable bonds is 15. The second kappa shape index (κ2) is 37.4. The lowest BCUT2D eigenvalue weighted by Crippen LogP contribution is -1.97. The maximum atomic E-state index is 2.44. The normalized spacial score (nSPS) is 11.6. The van der Waals surface area contributed by atoms with Crippen LogP contribution in [-0.2, 0) is 0 Å². The van der Waals surface area contributed by atoms with Gasteiger partial charge in [-0.15, -0.1) is 0 Å². The SMILES string of the molecule is c1ccc(-c2ccc(-c3cccc(-n4c5ccccc5c5cc(-c6ccc7c(c6)c6ccccc6n7-c6ccccc6)ccc54)c3)cc2)cc1.c1ccc(-c2ccc(-c3ccccc3-n3c4ccccc4c4cc(-c5ccc6c(c5)c5ccccc5n6-c5ccccc5)ccc43)cc2)cc1.c1ccc(-c2cccc(-c3ccc(-n4c5ccccc5c5cc(-c6ccc7c(c6)c6ccccc6n7-c6ccccc6)ccc54)cc3)c2)cc1. The van der Waals surface area contributed by atoms with E-state index < -0.39 is 0 Å². The van der Waals surface area contributed by atoms with Crippen molar-refractivity contribution in [3.63, 3.8) is 0 Å². The van der Waals surface area contributed by atoms with Crippen molar-refractivity contribution in [2.75, 3.05) is 0 Å². The van der Waals surface area contributed by atoms with Crippen LogP contribution < -0.4 is 0 Å². The third-order valence-electron chi connectivity index (χ3n) is 30.4. The summed E-state index contributed by atoms with van der Waals surface area (Å²) in [7, 11) is 0. The van der Waals surface area contributed by atoms with Gasteiger partial charge in [0.1, 0.15) is 0 Å². The molecular formula is C144H96N6. The van der Waals surface area contributed by atoms with Crippen molar-refractivity contribution in [3.8, 4) is 134 Å². The highest BCUT2D eigenvalue weighted by molar-refractivity contribution is 6.18. The van der Waals surface area contributed by atoms with Gasteiger partial charge in [-0.25, -0.2) is 0 Å². The average molecular weight is 1910 g/mol. The van der Waals surface area contributed by atoms with Crippen molar-refractivity contribution in [1.29, 1.82) is 0 Å². The molecule has 6 aromatic heterocycles. The molecule has 0 aliphatic rings. The van der Waals surface area contributed by atoms with Crippen LogP contribution in [0.2, 0.25) is 0 Å². The summed E-state index contributed by atoms with van der Waals surface area (Å²) in [6.07, 6.45) is 0. The Morgan fingerprint density at radius 2 is 0.267 bits per heavy atom. The van der Waals surface area contributed by atoms with E-state index in [-0.39, 0.29) is 0 Å². The van der Waals surface area contributed by atoms with Crippen molar-refractivity contribution < 1.29 is 0 Å². The quantitative estimate of drug-likeness (QED) is 0.0979. The summed E-state index contributed by atoms with van der Waals surface area (Å²) in [5.74, 6) is 0. The molecule has 0 amide bonds. The van der Waals surface area contributed by atoms with Crippen LogP contribution in [-0.4, -0.2) is 27.4 Å². The monoisotopic (exact) mass is 1910 g/mol. The van der Waals surface area contributed by atoms with E-state index in [0.717, 1.165) is 11.4 Å². The van der Waals surface area contributed by atoms with E-state index in [1.54, 1.807) is 0 Å². The number of hydrogen-bond donors (Lipinski definition) is 0. The fourth-order valence-corrected chi connectivity index (χ4v) is 23.3. The summed E-state index contributed by atoms with van der Waals surface area (Å²) in [4.78, 5) is 0. The van der Waals surface area contributed by atoms with Crippen LogP contribution in [0.15, 0.2) is 582 Å². The smallest absolute Gasteiger partial charge is 0.0541 e. The zero-order chi connectivity index (χ0) is 99.1. The highest BCUT2D eigenvalue weighted by Gasteiger charge is 2.24. The highest BCUT2D eigenvalue weighted by Crippen LogP contribution is 2.47. The Kier molecular flexibility index (Phi) is 21.9. The summed E-state index contributed by atoms with van der Waals surface area (Å²) in [5.41, 5.74) is 43.4. The van der Waals surface area contributed by atoms with Gasteiger partial charge in [-0.3, -0.25) is 0 Å². The Hall–Kier alpha value is -19.9. The summed E-state index contributed by atoms with van der Waals surface area (Å²) < 4.78 is 14.4. The van der Waals surface area contributed by atoms with Crippen LogP contribution in [0.25, 0.3) is 265 Å². The fourth-order valence-electron chi connectivity index (χ4n) is 23.3. The van der Waals surface area contributed by atoms with Gasteiger partial charge in [0.05, 0.1) is 71.9 Å². The van der Waals surface area contributed by atoms with Gasteiger partial charge in [-0.05, 0) is 277 Å². The van der Waals surface area contributed by atoms with Gasteiger partial charge in [0, 0.05) is 98.6 Å². The van der Waals surface area contributed by atoms with Gasteiger partial charge in [0.2, 0.25) is 0 Å². The lowest BCUT2D eigenvalue weighted by Gasteiger charge is -2.14. The van der Waals surface area contributed by atoms with Gasteiger partial charge in [0.15, 0.2) is 0 Å². The molecule has 24 aromatic carbocycles.